The molecule has 0 amide bonds. The Balaban J connectivity index is 1.99. The lowest BCUT2D eigenvalue weighted by molar-refractivity contribution is -0.147. The van der Waals surface area contributed by atoms with Gasteiger partial charge >= 0.3 is 5.97 Å². The van der Waals surface area contributed by atoms with Gasteiger partial charge in [0, 0.05) is 10.0 Å². The fourth-order valence-corrected chi connectivity index (χ4v) is 2.98. The van der Waals surface area contributed by atoms with Crippen LogP contribution in [0.15, 0.2) is 56.8 Å². The number of carbonyl (C=O) groups is 1. The molecule has 0 saturated carbocycles. The van der Waals surface area contributed by atoms with E-state index in [0.717, 1.165) is 4.47 Å². The summed E-state index contributed by atoms with van der Waals surface area (Å²) >= 11 is 3.37. The van der Waals surface area contributed by atoms with Gasteiger partial charge in [0.2, 0.25) is 0 Å². The molecule has 144 valence electrons. The van der Waals surface area contributed by atoms with Crippen molar-refractivity contribution in [1.29, 1.82) is 0 Å². The maximum absolute atomic E-state index is 12.8. The minimum absolute atomic E-state index is 0.277. The second kappa shape index (κ2) is 8.35. The summed E-state index contributed by atoms with van der Waals surface area (Å²) in [5, 5.41) is 4.75. The number of hydrogen-bond donors (Lipinski definition) is 0. The zero-order valence-electron chi connectivity index (χ0n) is 15.5. The van der Waals surface area contributed by atoms with Crippen LogP contribution in [0.4, 0.5) is 0 Å². The first-order valence-corrected chi connectivity index (χ1v) is 9.27. The molecule has 0 saturated heterocycles. The van der Waals surface area contributed by atoms with Crippen LogP contribution in [-0.4, -0.2) is 35.1 Å². The van der Waals surface area contributed by atoms with Crippen LogP contribution < -0.4 is 10.3 Å². The molecule has 0 aliphatic rings. The largest absolute Gasteiger partial charge is 0.478 e. The molecule has 1 atom stereocenters. The van der Waals surface area contributed by atoms with Crippen LogP contribution in [0.5, 0.6) is 5.75 Å². The zero-order chi connectivity index (χ0) is 20.3. The van der Waals surface area contributed by atoms with Crippen molar-refractivity contribution in [2.75, 3.05) is 7.11 Å². The van der Waals surface area contributed by atoms with E-state index in [2.05, 4.69) is 30.8 Å². The average Bonchev–Trinajstić information content (AvgIpc) is 2.69. The molecule has 3 rings (SSSR count). The third kappa shape index (κ3) is 4.12. The van der Waals surface area contributed by atoms with Crippen LogP contribution in [0.25, 0.3) is 10.9 Å². The third-order valence-electron chi connectivity index (χ3n) is 4.04. The smallest absolute Gasteiger partial charge is 0.346 e. The first-order valence-electron chi connectivity index (χ1n) is 8.47. The van der Waals surface area contributed by atoms with E-state index in [1.807, 2.05) is 12.1 Å². The lowest BCUT2D eigenvalue weighted by Crippen LogP contribution is -2.25. The van der Waals surface area contributed by atoms with Gasteiger partial charge in [-0.3, -0.25) is 4.79 Å². The number of methoxy groups -OCH3 is 1. The van der Waals surface area contributed by atoms with E-state index in [9.17, 15) is 9.59 Å². The lowest BCUT2D eigenvalue weighted by Gasteiger charge is -2.14. The number of benzene rings is 2. The molecule has 0 radical (unpaired) electrons. The summed E-state index contributed by atoms with van der Waals surface area (Å²) in [6, 6.07) is 12.4. The molecule has 0 aliphatic carbocycles. The number of nitrogens with zero attached hydrogens (tertiary/aromatic N) is 3. The van der Waals surface area contributed by atoms with E-state index in [4.69, 9.17) is 4.74 Å². The quantitative estimate of drug-likeness (QED) is 0.446. The van der Waals surface area contributed by atoms with Crippen LogP contribution in [0.3, 0.4) is 0 Å². The number of para-hydroxylation sites is 1. The molecule has 0 fully saturated rings. The number of aryl methyl sites for hydroxylation is 1. The number of aromatic nitrogens is 2. The van der Waals surface area contributed by atoms with Gasteiger partial charge in [-0.15, -0.1) is 0 Å². The van der Waals surface area contributed by atoms with Crippen molar-refractivity contribution < 1.29 is 14.3 Å². The van der Waals surface area contributed by atoms with Crippen molar-refractivity contribution in [2.24, 2.45) is 5.10 Å². The third-order valence-corrected chi connectivity index (χ3v) is 4.53. The predicted molar refractivity (Wildman–Crippen MR) is 110 cm³/mol. The number of esters is 1. The summed E-state index contributed by atoms with van der Waals surface area (Å²) in [6.45, 7) is 3.31. The molecular weight excluding hydrogens is 426 g/mol. The van der Waals surface area contributed by atoms with E-state index in [1.165, 1.54) is 18.0 Å². The van der Waals surface area contributed by atoms with Crippen molar-refractivity contribution in [1.82, 2.24) is 9.66 Å². The Labute approximate surface area is 169 Å². The summed E-state index contributed by atoms with van der Waals surface area (Å²) in [6.07, 6.45) is 0.725. The molecule has 28 heavy (non-hydrogen) atoms. The minimum atomic E-state index is -0.774. The van der Waals surface area contributed by atoms with Gasteiger partial charge in [0.25, 0.3) is 5.56 Å². The summed E-state index contributed by atoms with van der Waals surface area (Å²) in [5.41, 5.74) is 0.938. The van der Waals surface area contributed by atoms with Crippen LogP contribution in [0, 0.1) is 6.92 Å². The molecule has 7 nitrogen and oxygen atoms in total. The van der Waals surface area contributed by atoms with Crippen molar-refractivity contribution in [3.8, 4) is 5.75 Å². The first kappa shape index (κ1) is 19.8. The maximum atomic E-state index is 12.8. The molecular formula is C20H18BrN3O4. The molecule has 0 N–H and O–H groups in total. The molecule has 0 spiro atoms. The van der Waals surface area contributed by atoms with Crippen molar-refractivity contribution in [3.63, 3.8) is 0 Å². The molecule has 0 bridgehead atoms. The van der Waals surface area contributed by atoms with Crippen LogP contribution >= 0.6 is 15.9 Å². The zero-order valence-corrected chi connectivity index (χ0v) is 17.1. The van der Waals surface area contributed by atoms with Crippen LogP contribution in [0.1, 0.15) is 18.3 Å². The highest BCUT2D eigenvalue weighted by Crippen LogP contribution is 2.19. The van der Waals surface area contributed by atoms with E-state index in [-0.39, 0.29) is 5.56 Å². The maximum Gasteiger partial charge on any atom is 0.346 e. The normalized spacial score (nSPS) is 12.3. The fourth-order valence-electron chi connectivity index (χ4n) is 2.61. The Morgan fingerprint density at radius 3 is 2.79 bits per heavy atom. The summed E-state index contributed by atoms with van der Waals surface area (Å²) < 4.78 is 12.4. The highest BCUT2D eigenvalue weighted by molar-refractivity contribution is 9.10. The molecule has 1 aromatic heterocycles. The second-order valence-electron chi connectivity index (χ2n) is 6.00. The summed E-state index contributed by atoms with van der Waals surface area (Å²) in [7, 11) is 1.30. The Morgan fingerprint density at radius 2 is 2.04 bits per heavy atom. The van der Waals surface area contributed by atoms with E-state index < -0.39 is 12.1 Å². The monoisotopic (exact) mass is 443 g/mol. The van der Waals surface area contributed by atoms with Gasteiger partial charge in [-0.2, -0.15) is 9.78 Å². The molecule has 3 aromatic rings. The Morgan fingerprint density at radius 1 is 1.29 bits per heavy atom. The van der Waals surface area contributed by atoms with Crippen molar-refractivity contribution in [3.05, 3.63) is 68.7 Å². The van der Waals surface area contributed by atoms with Crippen LogP contribution in [-0.2, 0) is 9.53 Å². The lowest BCUT2D eigenvalue weighted by atomic mass is 10.2. The van der Waals surface area contributed by atoms with Gasteiger partial charge in [-0.1, -0.05) is 28.1 Å². The standard InChI is InChI=1S/C20H18BrN3O4/c1-12(20(26)27-3)28-18-7-5-4-6-14(18)11-22-24-13(2)23-17-9-8-15(21)10-16(17)19(24)25/h4-12H,1-3H3/t12-/m1/s1. The predicted octanol–water partition coefficient (Wildman–Crippen LogP) is 3.29. The number of rotatable bonds is 5. The van der Waals surface area contributed by atoms with Crippen molar-refractivity contribution in [2.45, 2.75) is 20.0 Å². The Bertz CT molecular complexity index is 1120. The van der Waals surface area contributed by atoms with E-state index >= 15 is 0 Å². The molecule has 2 aromatic carbocycles. The van der Waals surface area contributed by atoms with Crippen molar-refractivity contribution >= 4 is 39.0 Å². The summed E-state index contributed by atoms with van der Waals surface area (Å²) in [4.78, 5) is 28.9. The average molecular weight is 444 g/mol. The molecule has 1 heterocycles. The number of hydrogen-bond acceptors (Lipinski definition) is 6. The highest BCUT2D eigenvalue weighted by atomic mass is 79.9. The van der Waals surface area contributed by atoms with Gasteiger partial charge in [0.1, 0.15) is 11.6 Å². The second-order valence-corrected chi connectivity index (χ2v) is 6.92. The summed E-state index contributed by atoms with van der Waals surface area (Å²) in [5.74, 6) is 0.423. The minimum Gasteiger partial charge on any atom is -0.478 e. The molecule has 0 unspecified atom stereocenters. The van der Waals surface area contributed by atoms with Gasteiger partial charge in [-0.25, -0.2) is 9.78 Å². The number of carbonyl (C=O) groups excluding carboxylic acids is 1. The highest BCUT2D eigenvalue weighted by Gasteiger charge is 2.16. The number of halogens is 1. The molecule has 8 heteroatoms. The van der Waals surface area contributed by atoms with Crippen LogP contribution in [0.2, 0.25) is 0 Å². The van der Waals surface area contributed by atoms with Gasteiger partial charge in [0.05, 0.1) is 24.2 Å². The van der Waals surface area contributed by atoms with Gasteiger partial charge in [-0.05, 0) is 44.2 Å². The Hall–Kier alpha value is -3.00. The fraction of sp³-hybridized carbons (Fsp3) is 0.200. The van der Waals surface area contributed by atoms with Gasteiger partial charge < -0.3 is 9.47 Å². The number of ether oxygens (including phenoxy) is 2. The topological polar surface area (TPSA) is 82.8 Å². The first-order chi connectivity index (χ1) is 13.4. The Kier molecular flexibility index (Phi) is 5.89. The van der Waals surface area contributed by atoms with E-state index in [1.54, 1.807) is 44.2 Å². The number of fused-ring (bicyclic) bond motifs is 1. The van der Waals surface area contributed by atoms with E-state index in [0.29, 0.717) is 28.0 Å². The SMILES string of the molecule is COC(=O)[C@@H](C)Oc1ccccc1C=Nn1c(C)nc2ccc(Br)cc2c1=O. The molecule has 0 aliphatic heterocycles. The van der Waals surface area contributed by atoms with Gasteiger partial charge in [0.15, 0.2) is 6.10 Å².